The molecule has 0 bridgehead atoms. The average molecular weight is 260 g/mol. The van der Waals surface area contributed by atoms with Gasteiger partial charge in [-0.2, -0.15) is 0 Å². The minimum atomic E-state index is -0.896. The van der Waals surface area contributed by atoms with E-state index in [0.717, 1.165) is 13.0 Å². The quantitative estimate of drug-likeness (QED) is 0.598. The van der Waals surface area contributed by atoms with Gasteiger partial charge < -0.3 is 15.1 Å². The third kappa shape index (κ3) is 7.24. The first-order valence-corrected chi connectivity index (χ1v) is 6.21. The van der Waals surface area contributed by atoms with E-state index < -0.39 is 18.0 Å². The van der Waals surface area contributed by atoms with Gasteiger partial charge in [0, 0.05) is 13.1 Å². The van der Waals surface area contributed by atoms with Crippen LogP contribution in [0, 0.1) is 0 Å². The molecular weight excluding hydrogens is 236 g/mol. The van der Waals surface area contributed by atoms with Crippen LogP contribution in [0.1, 0.15) is 26.2 Å². The van der Waals surface area contributed by atoms with Crippen LogP contribution in [0.3, 0.4) is 0 Å². The van der Waals surface area contributed by atoms with Crippen molar-refractivity contribution in [3.8, 4) is 0 Å². The maximum Gasteiger partial charge on any atom is 0.320 e. The third-order valence-electron chi connectivity index (χ3n) is 2.78. The van der Waals surface area contributed by atoms with Crippen molar-refractivity contribution in [2.45, 2.75) is 32.2 Å². The minimum Gasteiger partial charge on any atom is -0.481 e. The van der Waals surface area contributed by atoms with Crippen molar-refractivity contribution in [1.29, 1.82) is 0 Å². The number of carboxylic acid groups (broad SMARTS) is 2. The maximum atomic E-state index is 11.1. The molecule has 0 saturated heterocycles. The fraction of sp³-hybridized carbons (Fsp3) is 0.833. The summed E-state index contributed by atoms with van der Waals surface area (Å²) in [6.45, 7) is 3.56. The van der Waals surface area contributed by atoms with Crippen molar-refractivity contribution >= 4 is 11.9 Å². The van der Waals surface area contributed by atoms with E-state index in [0.29, 0.717) is 13.0 Å². The van der Waals surface area contributed by atoms with E-state index in [4.69, 9.17) is 10.2 Å². The molecular formula is C12H24N2O4. The smallest absolute Gasteiger partial charge is 0.320 e. The zero-order valence-corrected chi connectivity index (χ0v) is 11.4. The van der Waals surface area contributed by atoms with Crippen LogP contribution in [0.2, 0.25) is 0 Å². The largest absolute Gasteiger partial charge is 0.481 e. The summed E-state index contributed by atoms with van der Waals surface area (Å²) in [6, 6.07) is -0.591. The molecule has 6 heteroatoms. The van der Waals surface area contributed by atoms with Crippen LogP contribution in [0.15, 0.2) is 0 Å². The first kappa shape index (κ1) is 16.9. The summed E-state index contributed by atoms with van der Waals surface area (Å²) >= 11 is 0. The van der Waals surface area contributed by atoms with Gasteiger partial charge in [0.15, 0.2) is 0 Å². The highest BCUT2D eigenvalue weighted by molar-refractivity contribution is 5.73. The molecule has 0 fully saturated rings. The van der Waals surface area contributed by atoms with E-state index in [2.05, 4.69) is 0 Å². The second kappa shape index (κ2) is 8.88. The maximum absolute atomic E-state index is 11.1. The second-order valence-corrected chi connectivity index (χ2v) is 4.60. The van der Waals surface area contributed by atoms with Gasteiger partial charge in [0.2, 0.25) is 0 Å². The van der Waals surface area contributed by atoms with Gasteiger partial charge in [-0.15, -0.1) is 0 Å². The van der Waals surface area contributed by atoms with E-state index in [1.165, 1.54) is 0 Å². The highest BCUT2D eigenvalue weighted by Gasteiger charge is 2.23. The van der Waals surface area contributed by atoms with Gasteiger partial charge in [-0.05, 0) is 33.5 Å². The van der Waals surface area contributed by atoms with Crippen LogP contribution in [0.25, 0.3) is 0 Å². The van der Waals surface area contributed by atoms with Gasteiger partial charge in [-0.3, -0.25) is 14.5 Å². The van der Waals surface area contributed by atoms with E-state index in [-0.39, 0.29) is 13.0 Å². The Kier molecular flexibility index (Phi) is 8.32. The lowest BCUT2D eigenvalue weighted by atomic mass is 10.1. The molecule has 0 aromatic heterocycles. The van der Waals surface area contributed by atoms with Gasteiger partial charge in [0.1, 0.15) is 6.04 Å². The van der Waals surface area contributed by atoms with Crippen LogP contribution in [0.5, 0.6) is 0 Å². The molecule has 0 aromatic rings. The zero-order valence-electron chi connectivity index (χ0n) is 11.4. The Morgan fingerprint density at radius 1 is 1.11 bits per heavy atom. The molecule has 0 heterocycles. The van der Waals surface area contributed by atoms with Crippen LogP contribution in [-0.2, 0) is 9.59 Å². The molecule has 0 aromatic carbocycles. The molecule has 0 saturated carbocycles. The first-order valence-electron chi connectivity index (χ1n) is 6.21. The Morgan fingerprint density at radius 2 is 1.72 bits per heavy atom. The molecule has 2 N–H and O–H groups in total. The van der Waals surface area contributed by atoms with Crippen molar-refractivity contribution in [2.75, 3.05) is 33.7 Å². The van der Waals surface area contributed by atoms with Crippen molar-refractivity contribution in [3.05, 3.63) is 0 Å². The summed E-state index contributed by atoms with van der Waals surface area (Å²) in [5.41, 5.74) is 0. The molecule has 6 nitrogen and oxygen atoms in total. The van der Waals surface area contributed by atoms with Crippen LogP contribution < -0.4 is 0 Å². The van der Waals surface area contributed by atoms with Crippen molar-refractivity contribution < 1.29 is 19.8 Å². The molecule has 0 aliphatic rings. The van der Waals surface area contributed by atoms with E-state index >= 15 is 0 Å². The second-order valence-electron chi connectivity index (χ2n) is 4.60. The van der Waals surface area contributed by atoms with Gasteiger partial charge >= 0.3 is 11.9 Å². The molecule has 18 heavy (non-hydrogen) atoms. The molecule has 0 spiro atoms. The Balaban J connectivity index is 4.39. The molecule has 106 valence electrons. The summed E-state index contributed by atoms with van der Waals surface area (Å²) < 4.78 is 0. The average Bonchev–Trinajstić information content (AvgIpc) is 2.24. The third-order valence-corrected chi connectivity index (χ3v) is 2.78. The first-order chi connectivity index (χ1) is 8.38. The monoisotopic (exact) mass is 260 g/mol. The number of carboxylic acids is 2. The zero-order chi connectivity index (χ0) is 14.1. The summed E-state index contributed by atoms with van der Waals surface area (Å²) in [6.07, 6.45) is 1.29. The summed E-state index contributed by atoms with van der Waals surface area (Å²) in [4.78, 5) is 25.5. The molecule has 0 amide bonds. The lowest BCUT2D eigenvalue weighted by Crippen LogP contribution is -2.43. The standard InChI is InChI=1S/C12H24N2O4/c1-4-10(12(17)18)14(9-6-11(15)16)8-5-7-13(2)3/h10H,4-9H2,1-3H3,(H,15,16)(H,17,18). The summed E-state index contributed by atoms with van der Waals surface area (Å²) in [5, 5.41) is 17.8. The molecule has 0 aliphatic heterocycles. The SMILES string of the molecule is CCC(C(=O)O)N(CCCN(C)C)CCC(=O)O. The van der Waals surface area contributed by atoms with Crippen LogP contribution in [0.4, 0.5) is 0 Å². The van der Waals surface area contributed by atoms with Crippen molar-refractivity contribution in [1.82, 2.24) is 9.80 Å². The topological polar surface area (TPSA) is 81.1 Å². The molecule has 1 unspecified atom stereocenters. The predicted molar refractivity (Wildman–Crippen MR) is 68.7 cm³/mol. The lowest BCUT2D eigenvalue weighted by Gasteiger charge is -2.28. The molecule has 1 atom stereocenters. The number of rotatable bonds is 10. The number of hydrogen-bond donors (Lipinski definition) is 2. The fourth-order valence-corrected chi connectivity index (χ4v) is 1.84. The van der Waals surface area contributed by atoms with Gasteiger partial charge in [-0.25, -0.2) is 0 Å². The Labute approximate surface area is 108 Å². The highest BCUT2D eigenvalue weighted by atomic mass is 16.4. The number of nitrogens with zero attached hydrogens (tertiary/aromatic N) is 2. The summed E-state index contributed by atoms with van der Waals surface area (Å²) in [7, 11) is 3.91. The summed E-state index contributed by atoms with van der Waals surface area (Å²) in [5.74, 6) is -1.78. The molecule has 0 radical (unpaired) electrons. The van der Waals surface area contributed by atoms with Gasteiger partial charge in [-0.1, -0.05) is 6.92 Å². The molecule has 0 aliphatic carbocycles. The van der Waals surface area contributed by atoms with E-state index in [1.54, 1.807) is 11.8 Å². The Bertz CT molecular complexity index is 269. The number of hydrogen-bond acceptors (Lipinski definition) is 4. The van der Waals surface area contributed by atoms with Gasteiger partial charge in [0.05, 0.1) is 6.42 Å². The van der Waals surface area contributed by atoms with Gasteiger partial charge in [0.25, 0.3) is 0 Å². The van der Waals surface area contributed by atoms with Crippen molar-refractivity contribution in [3.63, 3.8) is 0 Å². The number of aliphatic carboxylic acids is 2. The minimum absolute atomic E-state index is 0.0221. The number of carbonyl (C=O) groups is 2. The lowest BCUT2D eigenvalue weighted by molar-refractivity contribution is -0.145. The van der Waals surface area contributed by atoms with E-state index in [1.807, 2.05) is 19.0 Å². The fourth-order valence-electron chi connectivity index (χ4n) is 1.84. The van der Waals surface area contributed by atoms with E-state index in [9.17, 15) is 9.59 Å². The Hall–Kier alpha value is -1.14. The Morgan fingerprint density at radius 3 is 2.11 bits per heavy atom. The molecule has 0 rings (SSSR count). The van der Waals surface area contributed by atoms with Crippen molar-refractivity contribution in [2.24, 2.45) is 0 Å². The predicted octanol–water partition coefficient (Wildman–Crippen LogP) is 0.578. The highest BCUT2D eigenvalue weighted by Crippen LogP contribution is 2.07. The van der Waals surface area contributed by atoms with Crippen LogP contribution >= 0.6 is 0 Å². The normalized spacial score (nSPS) is 12.9. The van der Waals surface area contributed by atoms with Crippen LogP contribution in [-0.4, -0.2) is 71.7 Å².